The molecule has 1 aromatic rings. The molecule has 2 rings (SSSR count). The zero-order chi connectivity index (χ0) is 14.5. The zero-order valence-corrected chi connectivity index (χ0v) is 11.8. The van der Waals surface area contributed by atoms with Crippen molar-refractivity contribution < 1.29 is 13.9 Å². The molecule has 0 atom stereocenters. The van der Waals surface area contributed by atoms with Gasteiger partial charge in [-0.15, -0.1) is 0 Å². The molecule has 1 aliphatic rings. The van der Waals surface area contributed by atoms with Crippen LogP contribution in [0.2, 0.25) is 0 Å². The van der Waals surface area contributed by atoms with E-state index in [2.05, 4.69) is 0 Å². The summed E-state index contributed by atoms with van der Waals surface area (Å²) in [7, 11) is 0. The molecule has 0 saturated heterocycles. The van der Waals surface area contributed by atoms with Crippen LogP contribution in [0.15, 0.2) is 18.2 Å². The Bertz CT molecular complexity index is 475. The van der Waals surface area contributed by atoms with Gasteiger partial charge < -0.3 is 10.5 Å². The summed E-state index contributed by atoms with van der Waals surface area (Å²) in [6, 6.07) is 5.41. The molecule has 1 saturated carbocycles. The molecule has 0 bridgehead atoms. The van der Waals surface area contributed by atoms with Crippen molar-refractivity contribution in [3.63, 3.8) is 0 Å². The van der Waals surface area contributed by atoms with E-state index in [9.17, 15) is 9.18 Å². The normalized spacial score (nSPS) is 14.6. The second-order valence-electron chi connectivity index (χ2n) is 5.07. The van der Waals surface area contributed by atoms with E-state index in [0.717, 1.165) is 18.4 Å². The summed E-state index contributed by atoms with van der Waals surface area (Å²) in [5.74, 6) is -0.513. The van der Waals surface area contributed by atoms with Gasteiger partial charge in [-0.05, 0) is 31.4 Å². The molecular formula is C15H21FN2O2. The van der Waals surface area contributed by atoms with E-state index in [1.807, 2.05) is 11.0 Å². The number of carbonyl (C=O) groups excluding carboxylic acids is 1. The minimum absolute atomic E-state index is 0.219. The Kier molecular flexibility index (Phi) is 5.09. The van der Waals surface area contributed by atoms with Crippen molar-refractivity contribution in [1.82, 2.24) is 4.90 Å². The first kappa shape index (κ1) is 14.9. The molecule has 0 unspecified atom stereocenters. The molecule has 0 radical (unpaired) electrons. The van der Waals surface area contributed by atoms with Gasteiger partial charge in [-0.25, -0.2) is 4.39 Å². The fraction of sp³-hybridized carbons (Fsp3) is 0.533. The highest BCUT2D eigenvalue weighted by Crippen LogP contribution is 2.28. The topological polar surface area (TPSA) is 55.6 Å². The van der Waals surface area contributed by atoms with Crippen molar-refractivity contribution in [3.05, 3.63) is 35.1 Å². The van der Waals surface area contributed by atoms with Gasteiger partial charge in [0.25, 0.3) is 0 Å². The summed E-state index contributed by atoms with van der Waals surface area (Å²) in [6.45, 7) is 3.13. The number of carbonyl (C=O) groups is 1. The van der Waals surface area contributed by atoms with Crippen molar-refractivity contribution in [2.45, 2.75) is 38.9 Å². The van der Waals surface area contributed by atoms with Crippen LogP contribution in [0.3, 0.4) is 0 Å². The van der Waals surface area contributed by atoms with Gasteiger partial charge in [0.15, 0.2) is 0 Å². The summed E-state index contributed by atoms with van der Waals surface area (Å²) >= 11 is 0. The van der Waals surface area contributed by atoms with Gasteiger partial charge in [0.2, 0.25) is 0 Å². The Hall–Kier alpha value is -1.46. The molecule has 1 fully saturated rings. The van der Waals surface area contributed by atoms with Crippen LogP contribution in [-0.2, 0) is 22.6 Å². The van der Waals surface area contributed by atoms with Crippen molar-refractivity contribution in [1.29, 1.82) is 0 Å². The van der Waals surface area contributed by atoms with E-state index in [1.54, 1.807) is 13.0 Å². The first-order chi connectivity index (χ1) is 9.63. The summed E-state index contributed by atoms with van der Waals surface area (Å²) in [4.78, 5) is 13.6. The van der Waals surface area contributed by atoms with Crippen LogP contribution in [0, 0.1) is 5.82 Å². The summed E-state index contributed by atoms with van der Waals surface area (Å²) in [6.07, 6.45) is 2.11. The van der Waals surface area contributed by atoms with Crippen molar-refractivity contribution in [3.8, 4) is 0 Å². The lowest BCUT2D eigenvalue weighted by Gasteiger charge is -2.21. The molecule has 110 valence electrons. The molecular weight excluding hydrogens is 259 g/mol. The lowest BCUT2D eigenvalue weighted by Crippen LogP contribution is -2.32. The Labute approximate surface area is 118 Å². The lowest BCUT2D eigenvalue weighted by atomic mass is 10.1. The third kappa shape index (κ3) is 4.02. The number of hydrogen-bond acceptors (Lipinski definition) is 4. The van der Waals surface area contributed by atoms with Gasteiger partial charge in [0.1, 0.15) is 5.82 Å². The third-order valence-corrected chi connectivity index (χ3v) is 3.43. The number of rotatable bonds is 7. The third-order valence-electron chi connectivity index (χ3n) is 3.43. The van der Waals surface area contributed by atoms with E-state index in [1.165, 1.54) is 6.07 Å². The Morgan fingerprint density at radius 3 is 2.80 bits per heavy atom. The average Bonchev–Trinajstić information content (AvgIpc) is 3.24. The summed E-state index contributed by atoms with van der Waals surface area (Å²) in [5.41, 5.74) is 6.86. The Balaban J connectivity index is 2.02. The molecule has 4 nitrogen and oxygen atoms in total. The predicted molar refractivity (Wildman–Crippen MR) is 74.4 cm³/mol. The number of halogens is 1. The number of esters is 1. The number of benzene rings is 1. The molecule has 0 amide bonds. The Morgan fingerprint density at radius 2 is 2.25 bits per heavy atom. The lowest BCUT2D eigenvalue weighted by molar-refractivity contribution is -0.144. The van der Waals surface area contributed by atoms with E-state index in [4.69, 9.17) is 10.5 Å². The average molecular weight is 280 g/mol. The number of nitrogens with two attached hydrogens (primary N) is 1. The first-order valence-electron chi connectivity index (χ1n) is 7.01. The zero-order valence-electron chi connectivity index (χ0n) is 11.8. The predicted octanol–water partition coefficient (Wildman–Crippen LogP) is 1.81. The molecule has 0 heterocycles. The fourth-order valence-corrected chi connectivity index (χ4v) is 2.19. The van der Waals surface area contributed by atoms with E-state index in [0.29, 0.717) is 31.3 Å². The largest absolute Gasteiger partial charge is 0.465 e. The van der Waals surface area contributed by atoms with Gasteiger partial charge in [-0.1, -0.05) is 12.1 Å². The second kappa shape index (κ2) is 6.81. The molecule has 20 heavy (non-hydrogen) atoms. The second-order valence-corrected chi connectivity index (χ2v) is 5.07. The molecule has 0 aromatic heterocycles. The smallest absolute Gasteiger partial charge is 0.320 e. The molecule has 1 aromatic carbocycles. The standard InChI is InChI=1S/C15H21FN2O2/c1-2-20-15(19)10-18(13-5-6-13)9-12-4-3-11(8-17)7-14(12)16/h3-4,7,13H,2,5-6,8-10,17H2,1H3. The van der Waals surface area contributed by atoms with Crippen LogP contribution in [0.4, 0.5) is 4.39 Å². The molecule has 0 spiro atoms. The van der Waals surface area contributed by atoms with Crippen LogP contribution in [0.25, 0.3) is 0 Å². The SMILES string of the molecule is CCOC(=O)CN(Cc1ccc(CN)cc1F)C1CC1. The van der Waals surface area contributed by atoms with Crippen LogP contribution in [0.1, 0.15) is 30.9 Å². The molecule has 5 heteroatoms. The van der Waals surface area contributed by atoms with Gasteiger partial charge in [0.05, 0.1) is 13.2 Å². The fourth-order valence-electron chi connectivity index (χ4n) is 2.19. The van der Waals surface area contributed by atoms with Crippen LogP contribution in [-0.4, -0.2) is 30.1 Å². The summed E-state index contributed by atoms with van der Waals surface area (Å²) in [5, 5.41) is 0. The summed E-state index contributed by atoms with van der Waals surface area (Å²) < 4.78 is 18.9. The highest BCUT2D eigenvalue weighted by atomic mass is 19.1. The van der Waals surface area contributed by atoms with Crippen LogP contribution < -0.4 is 5.73 Å². The number of hydrogen-bond donors (Lipinski definition) is 1. The highest BCUT2D eigenvalue weighted by molar-refractivity contribution is 5.71. The highest BCUT2D eigenvalue weighted by Gasteiger charge is 2.31. The Morgan fingerprint density at radius 1 is 1.50 bits per heavy atom. The van der Waals surface area contributed by atoms with E-state index < -0.39 is 0 Å². The number of nitrogens with zero attached hydrogens (tertiary/aromatic N) is 1. The maximum absolute atomic E-state index is 14.0. The van der Waals surface area contributed by atoms with Crippen molar-refractivity contribution >= 4 is 5.97 Å². The minimum atomic E-state index is -0.262. The van der Waals surface area contributed by atoms with E-state index in [-0.39, 0.29) is 18.3 Å². The maximum atomic E-state index is 14.0. The van der Waals surface area contributed by atoms with Crippen molar-refractivity contribution in [2.24, 2.45) is 5.73 Å². The van der Waals surface area contributed by atoms with Gasteiger partial charge in [0, 0.05) is 24.7 Å². The minimum Gasteiger partial charge on any atom is -0.465 e. The van der Waals surface area contributed by atoms with Gasteiger partial charge >= 0.3 is 5.97 Å². The molecule has 1 aliphatic carbocycles. The molecule has 0 aliphatic heterocycles. The molecule has 2 N–H and O–H groups in total. The number of ether oxygens (including phenoxy) is 1. The van der Waals surface area contributed by atoms with Crippen LogP contribution >= 0.6 is 0 Å². The quantitative estimate of drug-likeness (QED) is 0.774. The maximum Gasteiger partial charge on any atom is 0.320 e. The van der Waals surface area contributed by atoms with E-state index >= 15 is 0 Å². The monoisotopic (exact) mass is 280 g/mol. The van der Waals surface area contributed by atoms with Crippen molar-refractivity contribution in [2.75, 3.05) is 13.2 Å². The van der Waals surface area contributed by atoms with Gasteiger partial charge in [-0.3, -0.25) is 9.69 Å². The van der Waals surface area contributed by atoms with Crippen LogP contribution in [0.5, 0.6) is 0 Å². The van der Waals surface area contributed by atoms with Gasteiger partial charge in [-0.2, -0.15) is 0 Å². The first-order valence-corrected chi connectivity index (χ1v) is 7.01.